The first kappa shape index (κ1) is 29.7. The topological polar surface area (TPSA) is 17.0 Å². The first-order chi connectivity index (χ1) is 26.8. The summed E-state index contributed by atoms with van der Waals surface area (Å²) in [6.07, 6.45) is 0. The first-order valence-corrected chi connectivity index (χ1v) is 18.8. The molecule has 0 atom stereocenters. The standard InChI is InChI=1S/C51H32BN2/c1-3-17-34(18-4-1)51(35-19-5-2-6-20-35)40-25-11-12-28-43(40)53-49-38(23-13-26-41(49)51)47-37-22-10-8-16-33(37)31-45-48(47)52-42-27-14-24-39-46-36-21-9-7-15-32(36)29-30-44(46)54(45)50(39)42/h1-31,53H. The molecular weight excluding hydrogens is 651 g/mol. The van der Waals surface area contributed by atoms with Crippen LogP contribution in [-0.2, 0) is 5.41 Å². The minimum absolute atomic E-state index is 0.541. The Labute approximate surface area is 314 Å². The summed E-state index contributed by atoms with van der Waals surface area (Å²) in [7, 11) is 2.44. The van der Waals surface area contributed by atoms with Crippen LogP contribution in [0.2, 0.25) is 0 Å². The van der Waals surface area contributed by atoms with Gasteiger partial charge in [0.05, 0.1) is 16.6 Å². The lowest BCUT2D eigenvalue weighted by atomic mass is 9.58. The number of para-hydroxylation sites is 3. The molecule has 9 aromatic carbocycles. The van der Waals surface area contributed by atoms with Gasteiger partial charge in [-0.05, 0) is 73.0 Å². The molecular formula is C51H32BN2. The van der Waals surface area contributed by atoms with E-state index in [0.717, 1.165) is 11.4 Å². The van der Waals surface area contributed by atoms with E-state index < -0.39 is 5.41 Å². The van der Waals surface area contributed by atoms with Crippen LogP contribution >= 0.6 is 0 Å². The number of nitrogens with zero attached hydrogens (tertiary/aromatic N) is 1. The maximum atomic E-state index is 4.04. The number of benzene rings is 9. The molecule has 1 aromatic heterocycles. The van der Waals surface area contributed by atoms with Crippen LogP contribution in [0.5, 0.6) is 0 Å². The molecule has 10 aromatic rings. The number of nitrogens with one attached hydrogen (secondary N) is 1. The lowest BCUT2D eigenvalue weighted by Crippen LogP contribution is -2.38. The molecule has 0 amide bonds. The Hall–Kier alpha value is -6.84. The van der Waals surface area contributed by atoms with Crippen LogP contribution in [0, 0.1) is 0 Å². The minimum Gasteiger partial charge on any atom is -0.354 e. The van der Waals surface area contributed by atoms with Gasteiger partial charge in [0, 0.05) is 33.2 Å². The zero-order chi connectivity index (χ0) is 35.4. The lowest BCUT2D eigenvalue weighted by molar-refractivity contribution is 0.741. The highest BCUT2D eigenvalue weighted by Crippen LogP contribution is 2.56. The Bertz CT molecular complexity index is 3120. The van der Waals surface area contributed by atoms with Crippen LogP contribution in [0.4, 0.5) is 11.4 Å². The average molecular weight is 684 g/mol. The van der Waals surface area contributed by atoms with Gasteiger partial charge in [-0.1, -0.05) is 175 Å². The van der Waals surface area contributed by atoms with Crippen LogP contribution in [0.25, 0.3) is 60.2 Å². The Morgan fingerprint density at radius 3 is 1.96 bits per heavy atom. The fraction of sp³-hybridized carbons (Fsp3) is 0.0196. The monoisotopic (exact) mass is 683 g/mol. The molecule has 3 heteroatoms. The van der Waals surface area contributed by atoms with E-state index in [1.54, 1.807) is 0 Å². The van der Waals surface area contributed by atoms with Crippen molar-refractivity contribution in [3.05, 3.63) is 210 Å². The van der Waals surface area contributed by atoms with E-state index in [9.17, 15) is 0 Å². The molecule has 54 heavy (non-hydrogen) atoms. The van der Waals surface area contributed by atoms with E-state index in [2.05, 4.69) is 205 Å². The molecule has 0 saturated heterocycles. The Morgan fingerprint density at radius 2 is 1.15 bits per heavy atom. The summed E-state index contributed by atoms with van der Waals surface area (Å²) < 4.78 is 2.54. The molecule has 2 aliphatic heterocycles. The van der Waals surface area contributed by atoms with Crippen molar-refractivity contribution in [3.8, 4) is 16.8 Å². The molecule has 3 heterocycles. The Kier molecular flexibility index (Phi) is 6.10. The van der Waals surface area contributed by atoms with Gasteiger partial charge in [0.25, 0.3) is 0 Å². The van der Waals surface area contributed by atoms with Crippen molar-refractivity contribution >= 4 is 72.9 Å². The summed E-state index contributed by atoms with van der Waals surface area (Å²) in [6.45, 7) is 0. The molecule has 1 radical (unpaired) electrons. The van der Waals surface area contributed by atoms with E-state index >= 15 is 0 Å². The van der Waals surface area contributed by atoms with Crippen LogP contribution in [0.1, 0.15) is 22.3 Å². The minimum atomic E-state index is -0.541. The maximum Gasteiger partial charge on any atom is 0.197 e. The lowest BCUT2D eigenvalue weighted by Gasteiger charge is -2.43. The summed E-state index contributed by atoms with van der Waals surface area (Å²) in [5, 5.41) is 11.7. The molecule has 1 N–H and O–H groups in total. The van der Waals surface area contributed by atoms with Gasteiger partial charge in [-0.3, -0.25) is 0 Å². The molecule has 0 fully saturated rings. The van der Waals surface area contributed by atoms with Gasteiger partial charge in [0.1, 0.15) is 0 Å². The predicted octanol–water partition coefficient (Wildman–Crippen LogP) is 11.2. The number of aromatic nitrogens is 1. The molecule has 2 nitrogen and oxygen atoms in total. The van der Waals surface area contributed by atoms with E-state index in [0.29, 0.717) is 0 Å². The van der Waals surface area contributed by atoms with Crippen molar-refractivity contribution < 1.29 is 0 Å². The van der Waals surface area contributed by atoms with Gasteiger partial charge >= 0.3 is 0 Å². The summed E-state index contributed by atoms with van der Waals surface area (Å²) in [4.78, 5) is 0. The summed E-state index contributed by atoms with van der Waals surface area (Å²) in [6, 6.07) is 69.4. The van der Waals surface area contributed by atoms with Crippen molar-refractivity contribution in [1.29, 1.82) is 0 Å². The highest BCUT2D eigenvalue weighted by Gasteiger charge is 2.45. The highest BCUT2D eigenvalue weighted by molar-refractivity contribution is 6.74. The molecule has 0 unspecified atom stereocenters. The van der Waals surface area contributed by atoms with Crippen molar-refractivity contribution in [2.75, 3.05) is 5.32 Å². The van der Waals surface area contributed by atoms with Crippen molar-refractivity contribution in [2.45, 2.75) is 5.41 Å². The largest absolute Gasteiger partial charge is 0.354 e. The third-order valence-electron chi connectivity index (χ3n) is 12.1. The molecule has 0 saturated carbocycles. The highest BCUT2D eigenvalue weighted by atomic mass is 15.0. The van der Waals surface area contributed by atoms with Gasteiger partial charge in [-0.2, -0.15) is 0 Å². The zero-order valence-electron chi connectivity index (χ0n) is 29.4. The van der Waals surface area contributed by atoms with Gasteiger partial charge in [-0.25, -0.2) is 0 Å². The molecule has 0 aliphatic carbocycles. The molecule has 249 valence electrons. The van der Waals surface area contributed by atoms with E-state index in [1.807, 2.05) is 0 Å². The van der Waals surface area contributed by atoms with Gasteiger partial charge in [0.15, 0.2) is 7.28 Å². The predicted molar refractivity (Wildman–Crippen MR) is 228 cm³/mol. The summed E-state index contributed by atoms with van der Waals surface area (Å²) in [5.74, 6) is 0. The second-order valence-corrected chi connectivity index (χ2v) is 14.7. The number of hydrogen-bond donors (Lipinski definition) is 1. The number of hydrogen-bond acceptors (Lipinski definition) is 1. The van der Waals surface area contributed by atoms with Crippen molar-refractivity contribution in [3.63, 3.8) is 0 Å². The maximum absolute atomic E-state index is 4.04. The van der Waals surface area contributed by atoms with Crippen LogP contribution in [-0.4, -0.2) is 11.8 Å². The SMILES string of the molecule is [B]1c2c(cc3ccccc3c2-c2cccc3c2Nc2ccccc2C3(c2ccccc2)c2ccccc2)-n2c3ccc4ccccc4c3c3cccc1c32. The van der Waals surface area contributed by atoms with E-state index in [1.165, 1.54) is 93.3 Å². The molecule has 12 rings (SSSR count). The second-order valence-electron chi connectivity index (χ2n) is 14.7. The number of rotatable bonds is 3. The van der Waals surface area contributed by atoms with Gasteiger partial charge in [0.2, 0.25) is 0 Å². The fourth-order valence-corrected chi connectivity index (χ4v) is 9.93. The van der Waals surface area contributed by atoms with Gasteiger partial charge < -0.3 is 9.88 Å². The van der Waals surface area contributed by atoms with Crippen LogP contribution in [0.3, 0.4) is 0 Å². The first-order valence-electron chi connectivity index (χ1n) is 18.8. The fourth-order valence-electron chi connectivity index (χ4n) is 9.93. The van der Waals surface area contributed by atoms with Crippen LogP contribution < -0.4 is 16.2 Å². The average Bonchev–Trinajstić information content (AvgIpc) is 3.59. The van der Waals surface area contributed by atoms with Crippen LogP contribution in [0.15, 0.2) is 188 Å². The summed E-state index contributed by atoms with van der Waals surface area (Å²) in [5.41, 5.74) is 15.3. The normalized spacial score (nSPS) is 13.6. The third-order valence-corrected chi connectivity index (χ3v) is 12.1. The molecule has 2 aliphatic rings. The number of fused-ring (bicyclic) bond motifs is 10. The van der Waals surface area contributed by atoms with E-state index in [4.69, 9.17) is 0 Å². The van der Waals surface area contributed by atoms with Crippen molar-refractivity contribution in [1.82, 2.24) is 4.57 Å². The Balaban J connectivity index is 1.22. The van der Waals surface area contributed by atoms with Crippen molar-refractivity contribution in [2.24, 2.45) is 0 Å². The third kappa shape index (κ3) is 3.86. The molecule has 0 bridgehead atoms. The van der Waals surface area contributed by atoms with Gasteiger partial charge in [-0.15, -0.1) is 0 Å². The quantitative estimate of drug-likeness (QED) is 0.184. The second kappa shape index (κ2) is 11.1. The number of anilines is 2. The Morgan fingerprint density at radius 1 is 0.500 bits per heavy atom. The van der Waals surface area contributed by atoms with E-state index in [-0.39, 0.29) is 0 Å². The summed E-state index contributed by atoms with van der Waals surface area (Å²) >= 11 is 0. The smallest absolute Gasteiger partial charge is 0.197 e. The zero-order valence-corrected chi connectivity index (χ0v) is 29.4. The molecule has 0 spiro atoms.